The van der Waals surface area contributed by atoms with Crippen molar-refractivity contribution in [2.24, 2.45) is 11.8 Å². The molecule has 1 aromatic carbocycles. The van der Waals surface area contributed by atoms with Crippen LogP contribution in [0, 0.1) is 47.4 Å². The van der Waals surface area contributed by atoms with Crippen LogP contribution in [-0.4, -0.2) is 93.1 Å². The number of likely N-dealkylation sites (tertiary alicyclic amines) is 2. The molecule has 2 fully saturated rings. The van der Waals surface area contributed by atoms with E-state index in [9.17, 15) is 19.2 Å². The number of amides is 4. The molecular formula is C40H46N8O6. The minimum Gasteiger partial charge on any atom is -0.453 e. The number of aromatic amines is 2. The van der Waals surface area contributed by atoms with E-state index >= 15 is 0 Å². The van der Waals surface area contributed by atoms with Gasteiger partial charge < -0.3 is 39.9 Å². The molecule has 2 aromatic heterocycles. The Bertz CT molecular complexity index is 2020. The number of imidazole rings is 2. The predicted octanol–water partition coefficient (Wildman–Crippen LogP) is 4.29. The number of carbonyl (C=O) groups is 4. The van der Waals surface area contributed by atoms with Crippen molar-refractivity contribution in [1.82, 2.24) is 40.4 Å². The monoisotopic (exact) mass is 734 g/mol. The van der Waals surface area contributed by atoms with E-state index in [1.165, 1.54) is 14.2 Å². The van der Waals surface area contributed by atoms with E-state index in [-0.39, 0.29) is 35.7 Å². The fourth-order valence-electron chi connectivity index (χ4n) is 6.61. The van der Waals surface area contributed by atoms with Crippen LogP contribution in [0.15, 0.2) is 36.7 Å². The van der Waals surface area contributed by atoms with Gasteiger partial charge in [-0.15, -0.1) is 0 Å². The summed E-state index contributed by atoms with van der Waals surface area (Å²) in [5.74, 6) is 17.9. The molecular weight excluding hydrogens is 688 g/mol. The number of methoxy groups -OCH3 is 2. The van der Waals surface area contributed by atoms with Gasteiger partial charge >= 0.3 is 12.2 Å². The van der Waals surface area contributed by atoms with Crippen LogP contribution >= 0.6 is 0 Å². The topological polar surface area (TPSA) is 175 Å². The third-order valence-electron chi connectivity index (χ3n) is 9.46. The molecule has 4 atom stereocenters. The lowest BCUT2D eigenvalue weighted by atomic mass is 10.0. The molecule has 54 heavy (non-hydrogen) atoms. The van der Waals surface area contributed by atoms with Gasteiger partial charge in [-0.3, -0.25) is 9.59 Å². The molecule has 14 heteroatoms. The van der Waals surface area contributed by atoms with E-state index in [1.54, 1.807) is 22.2 Å². The van der Waals surface area contributed by atoms with Gasteiger partial charge in [-0.1, -0.05) is 45.7 Å². The Labute approximate surface area is 315 Å². The van der Waals surface area contributed by atoms with E-state index in [0.717, 1.165) is 42.5 Å². The highest BCUT2D eigenvalue weighted by Gasteiger charge is 2.38. The molecule has 2 aliphatic rings. The van der Waals surface area contributed by atoms with Crippen LogP contribution in [0.25, 0.3) is 11.3 Å². The maximum Gasteiger partial charge on any atom is 0.407 e. The number of alkyl carbamates (subject to hydrolysis) is 2. The van der Waals surface area contributed by atoms with Crippen molar-refractivity contribution in [2.75, 3.05) is 27.3 Å². The number of aromatic nitrogens is 4. The predicted molar refractivity (Wildman–Crippen MR) is 200 cm³/mol. The van der Waals surface area contributed by atoms with Gasteiger partial charge in [0.15, 0.2) is 0 Å². The average molecular weight is 735 g/mol. The van der Waals surface area contributed by atoms with E-state index in [2.05, 4.69) is 66.1 Å². The molecule has 0 saturated carbocycles. The highest BCUT2D eigenvalue weighted by atomic mass is 16.5. The number of nitrogens with one attached hydrogen (secondary N) is 4. The van der Waals surface area contributed by atoms with Gasteiger partial charge in [0, 0.05) is 18.7 Å². The summed E-state index contributed by atoms with van der Waals surface area (Å²) in [6, 6.07) is 5.80. The second-order valence-corrected chi connectivity index (χ2v) is 13.8. The Morgan fingerprint density at radius 3 is 1.74 bits per heavy atom. The molecule has 0 aliphatic carbocycles. The maximum absolute atomic E-state index is 13.4. The molecule has 2 saturated heterocycles. The number of benzene rings is 1. The van der Waals surface area contributed by atoms with Crippen LogP contribution in [0.1, 0.15) is 88.4 Å². The first-order valence-electron chi connectivity index (χ1n) is 18.0. The minimum atomic E-state index is -0.706. The van der Waals surface area contributed by atoms with Gasteiger partial charge in [-0.05, 0) is 84.8 Å². The zero-order valence-electron chi connectivity index (χ0n) is 31.4. The van der Waals surface area contributed by atoms with Crippen molar-refractivity contribution in [1.29, 1.82) is 0 Å². The summed E-state index contributed by atoms with van der Waals surface area (Å²) in [6.45, 7) is 8.67. The van der Waals surface area contributed by atoms with Crippen LogP contribution in [0.4, 0.5) is 9.59 Å². The molecule has 2 aliphatic heterocycles. The number of carbonyl (C=O) groups excluding carboxylic acids is 4. The highest BCUT2D eigenvalue weighted by Crippen LogP contribution is 2.33. The molecule has 0 radical (unpaired) electrons. The van der Waals surface area contributed by atoms with Crippen LogP contribution in [-0.2, 0) is 19.1 Å². The summed E-state index contributed by atoms with van der Waals surface area (Å²) in [4.78, 5) is 69.7. The molecule has 5 rings (SSSR count). The summed E-state index contributed by atoms with van der Waals surface area (Å²) < 4.78 is 9.43. The lowest BCUT2D eigenvalue weighted by Crippen LogP contribution is -2.51. The molecule has 0 bridgehead atoms. The fraction of sp³-hybridized carbons (Fsp3) is 0.450. The summed E-state index contributed by atoms with van der Waals surface area (Å²) in [5, 5.41) is 5.32. The van der Waals surface area contributed by atoms with E-state index in [4.69, 9.17) is 9.47 Å². The van der Waals surface area contributed by atoms with Crippen LogP contribution in [0.5, 0.6) is 0 Å². The largest absolute Gasteiger partial charge is 0.453 e. The average Bonchev–Trinajstić information content (AvgIpc) is 4.00. The van der Waals surface area contributed by atoms with Crippen LogP contribution in [0.2, 0.25) is 0 Å². The summed E-state index contributed by atoms with van der Waals surface area (Å²) in [5.41, 5.74) is 3.08. The number of ether oxygens (including phenoxy) is 2. The third-order valence-corrected chi connectivity index (χ3v) is 9.46. The van der Waals surface area contributed by atoms with Crippen molar-refractivity contribution in [2.45, 2.75) is 77.5 Å². The summed E-state index contributed by atoms with van der Waals surface area (Å²) >= 11 is 0. The molecule has 4 amide bonds. The number of hydrogen-bond acceptors (Lipinski definition) is 8. The molecule has 0 unspecified atom stereocenters. The van der Waals surface area contributed by atoms with Gasteiger partial charge in [0.1, 0.15) is 29.4 Å². The van der Waals surface area contributed by atoms with Crippen molar-refractivity contribution >= 4 is 24.0 Å². The molecule has 0 spiro atoms. The van der Waals surface area contributed by atoms with Gasteiger partial charge in [-0.2, -0.15) is 0 Å². The second kappa shape index (κ2) is 18.0. The van der Waals surface area contributed by atoms with E-state index in [0.29, 0.717) is 30.4 Å². The zero-order valence-corrected chi connectivity index (χ0v) is 31.4. The number of hydrogen-bond donors (Lipinski definition) is 4. The molecule has 14 nitrogen and oxygen atoms in total. The number of H-pyrrole nitrogens is 2. The molecule has 3 aromatic rings. The van der Waals surface area contributed by atoms with Crippen molar-refractivity contribution in [3.63, 3.8) is 0 Å². The minimum absolute atomic E-state index is 0.111. The summed E-state index contributed by atoms with van der Waals surface area (Å²) in [7, 11) is 2.55. The van der Waals surface area contributed by atoms with Gasteiger partial charge in [0.25, 0.3) is 0 Å². The first kappa shape index (κ1) is 39.0. The Morgan fingerprint density at radius 2 is 1.22 bits per heavy atom. The summed E-state index contributed by atoms with van der Waals surface area (Å²) in [6.07, 6.45) is 5.26. The van der Waals surface area contributed by atoms with E-state index in [1.807, 2.05) is 52.0 Å². The van der Waals surface area contributed by atoms with Crippen molar-refractivity contribution < 1.29 is 28.7 Å². The molecule has 4 N–H and O–H groups in total. The number of rotatable bonds is 9. The van der Waals surface area contributed by atoms with Crippen molar-refractivity contribution in [3.05, 3.63) is 59.6 Å². The van der Waals surface area contributed by atoms with Gasteiger partial charge in [0.05, 0.1) is 44.4 Å². The Balaban J connectivity index is 1.17. The highest BCUT2D eigenvalue weighted by molar-refractivity contribution is 5.87. The Hall–Kier alpha value is -6.20. The van der Waals surface area contributed by atoms with Gasteiger partial charge in [0.2, 0.25) is 11.8 Å². The standard InChI is InChI=1S/C40H46N8O6/c1-25(2)33(45-39(51)53-5)37(49)47-21-11-15-31(47)35-41-23-29(43-35)14-10-8-7-9-13-27-17-19-28(20-18-27)30-24-42-36(44-30)32-16-12-22-48(32)38(50)34(26(3)4)46-40(52)54-6/h17-20,23-26,31-34H,11-12,15-16,21-22H2,1-6H3,(H,41,43)(H,42,44)(H,45,51)(H,46,52)/t31-,32-,33-,34-/m1/s1. The zero-order chi connectivity index (χ0) is 38.8. The molecule has 4 heterocycles. The molecule has 282 valence electrons. The maximum atomic E-state index is 13.4. The lowest BCUT2D eigenvalue weighted by Gasteiger charge is -2.30. The quantitative estimate of drug-likeness (QED) is 0.236. The van der Waals surface area contributed by atoms with Crippen molar-refractivity contribution in [3.8, 4) is 46.8 Å². The van der Waals surface area contributed by atoms with Crippen LogP contribution < -0.4 is 10.6 Å². The smallest absolute Gasteiger partial charge is 0.407 e. The Morgan fingerprint density at radius 1 is 0.722 bits per heavy atom. The number of nitrogens with zero attached hydrogens (tertiary/aromatic N) is 4. The van der Waals surface area contributed by atoms with Crippen LogP contribution in [0.3, 0.4) is 0 Å². The Kier molecular flexibility index (Phi) is 13.0. The third kappa shape index (κ3) is 9.42. The SMILES string of the molecule is COC(=O)N[C@@H](C(=O)N1CCC[C@@H]1c1ncc(C#CC#CC#Cc2ccc(-c3cnc([C@H]4CCCN4C(=O)[C@H](NC(=O)OC)C(C)C)[nH]3)cc2)[nH]1)C(C)C. The fourth-order valence-corrected chi connectivity index (χ4v) is 6.61. The van der Waals surface area contributed by atoms with Gasteiger partial charge in [-0.25, -0.2) is 19.6 Å². The van der Waals surface area contributed by atoms with E-state index < -0.39 is 24.3 Å². The first-order valence-corrected chi connectivity index (χ1v) is 18.0. The lowest BCUT2D eigenvalue weighted by molar-refractivity contribution is -0.136. The second-order valence-electron chi connectivity index (χ2n) is 13.8. The first-order chi connectivity index (χ1) is 26.0. The normalized spacial score (nSPS) is 17.3.